The Balaban J connectivity index is 3.00. The average molecular weight is 302 g/mol. The van der Waals surface area contributed by atoms with Crippen molar-refractivity contribution in [1.82, 2.24) is 4.72 Å². The Hall–Kier alpha value is -1.14. The molecule has 2 unspecified atom stereocenters. The van der Waals surface area contributed by atoms with Gasteiger partial charge in [0.05, 0.1) is 4.90 Å². The fourth-order valence-electron chi connectivity index (χ4n) is 2.10. The summed E-state index contributed by atoms with van der Waals surface area (Å²) in [5.74, 6) is -0.189. The predicted molar refractivity (Wildman–Crippen MR) is 79.4 cm³/mol. The van der Waals surface area contributed by atoms with Crippen LogP contribution in [0, 0.1) is 18.7 Å². The van der Waals surface area contributed by atoms with Gasteiger partial charge in [0.1, 0.15) is 5.82 Å². The van der Waals surface area contributed by atoms with E-state index in [2.05, 4.69) is 18.6 Å². The zero-order valence-electron chi connectivity index (χ0n) is 12.4. The zero-order chi connectivity index (χ0) is 15.5. The van der Waals surface area contributed by atoms with Crippen molar-refractivity contribution < 1.29 is 12.8 Å². The van der Waals surface area contributed by atoms with Gasteiger partial charge in [0, 0.05) is 17.3 Å². The van der Waals surface area contributed by atoms with Crippen LogP contribution in [0.3, 0.4) is 0 Å². The number of sulfonamides is 1. The molecule has 0 saturated carbocycles. The Kier molecular flexibility index (Phi) is 5.53. The van der Waals surface area contributed by atoms with Crippen LogP contribution in [0.2, 0.25) is 0 Å². The minimum atomic E-state index is -3.76. The third-order valence-electron chi connectivity index (χ3n) is 3.42. The Morgan fingerprint density at radius 2 is 1.95 bits per heavy atom. The Morgan fingerprint density at radius 3 is 2.50 bits per heavy atom. The van der Waals surface area contributed by atoms with Crippen molar-refractivity contribution in [2.24, 2.45) is 5.92 Å². The minimum Gasteiger partial charge on any atom is -0.399 e. The summed E-state index contributed by atoms with van der Waals surface area (Å²) in [5, 5.41) is 0. The van der Waals surface area contributed by atoms with Gasteiger partial charge in [0.25, 0.3) is 0 Å². The largest absolute Gasteiger partial charge is 0.399 e. The summed E-state index contributed by atoms with van der Waals surface area (Å²) in [5.41, 5.74) is 5.71. The normalized spacial score (nSPS) is 15.1. The smallest absolute Gasteiger partial charge is 0.241 e. The zero-order valence-corrected chi connectivity index (χ0v) is 13.2. The molecule has 20 heavy (non-hydrogen) atoms. The van der Waals surface area contributed by atoms with E-state index in [-0.39, 0.29) is 22.2 Å². The van der Waals surface area contributed by atoms with Crippen LogP contribution in [-0.4, -0.2) is 14.5 Å². The average Bonchev–Trinajstić information content (AvgIpc) is 2.32. The monoisotopic (exact) mass is 302 g/mol. The number of nitrogens with two attached hydrogens (primary N) is 1. The van der Waals surface area contributed by atoms with Crippen LogP contribution in [0.25, 0.3) is 0 Å². The van der Waals surface area contributed by atoms with Gasteiger partial charge in [-0.05, 0) is 38.3 Å². The van der Waals surface area contributed by atoms with Crippen molar-refractivity contribution in [1.29, 1.82) is 0 Å². The van der Waals surface area contributed by atoms with Gasteiger partial charge in [-0.2, -0.15) is 0 Å². The van der Waals surface area contributed by atoms with Gasteiger partial charge in [-0.25, -0.2) is 17.5 Å². The van der Waals surface area contributed by atoms with Crippen molar-refractivity contribution >= 4 is 15.7 Å². The Morgan fingerprint density at radius 1 is 1.35 bits per heavy atom. The maximum absolute atomic E-state index is 13.6. The standard InChI is InChI=1S/C14H23FN2O2S/c1-5-9(2)6-10(3)17-20(18,19)14-8-12(16)7-13(15)11(14)4/h7-10,17H,5-6,16H2,1-4H3. The third-order valence-corrected chi connectivity index (χ3v) is 5.13. The predicted octanol–water partition coefficient (Wildman–Crippen LogP) is 2.82. The van der Waals surface area contributed by atoms with E-state index in [1.807, 2.05) is 6.92 Å². The van der Waals surface area contributed by atoms with Gasteiger partial charge in [-0.1, -0.05) is 20.3 Å². The summed E-state index contributed by atoms with van der Waals surface area (Å²) in [7, 11) is -3.76. The molecule has 4 nitrogen and oxygen atoms in total. The van der Waals surface area contributed by atoms with E-state index >= 15 is 0 Å². The van der Waals surface area contributed by atoms with Gasteiger partial charge < -0.3 is 5.73 Å². The van der Waals surface area contributed by atoms with E-state index in [9.17, 15) is 12.8 Å². The number of rotatable bonds is 6. The molecule has 0 aliphatic carbocycles. The van der Waals surface area contributed by atoms with Crippen molar-refractivity contribution in [2.75, 3.05) is 5.73 Å². The van der Waals surface area contributed by atoms with E-state index in [0.29, 0.717) is 5.92 Å². The number of hydrogen-bond acceptors (Lipinski definition) is 3. The molecule has 114 valence electrons. The minimum absolute atomic E-state index is 0.0856. The highest BCUT2D eigenvalue weighted by atomic mass is 32.2. The lowest BCUT2D eigenvalue weighted by molar-refractivity contribution is 0.445. The fraction of sp³-hybridized carbons (Fsp3) is 0.571. The second kappa shape index (κ2) is 6.54. The Labute approximate surface area is 120 Å². The number of halogens is 1. The molecular weight excluding hydrogens is 279 g/mol. The first-order chi connectivity index (χ1) is 9.17. The first-order valence-electron chi connectivity index (χ1n) is 6.75. The first kappa shape index (κ1) is 16.9. The van der Waals surface area contributed by atoms with Crippen molar-refractivity contribution in [2.45, 2.75) is 51.5 Å². The summed E-state index contributed by atoms with van der Waals surface area (Å²) in [6.07, 6.45) is 1.72. The van der Waals surface area contributed by atoms with Crippen molar-refractivity contribution in [3.63, 3.8) is 0 Å². The van der Waals surface area contributed by atoms with Gasteiger partial charge in [0.2, 0.25) is 10.0 Å². The van der Waals surface area contributed by atoms with E-state index in [1.165, 1.54) is 13.0 Å². The van der Waals surface area contributed by atoms with E-state index < -0.39 is 15.8 Å². The fourth-order valence-corrected chi connectivity index (χ4v) is 3.64. The van der Waals surface area contributed by atoms with Crippen LogP contribution >= 0.6 is 0 Å². The molecule has 3 N–H and O–H groups in total. The first-order valence-corrected chi connectivity index (χ1v) is 8.23. The summed E-state index contributed by atoms with van der Waals surface area (Å²) < 4.78 is 40.8. The van der Waals surface area contributed by atoms with Crippen LogP contribution in [-0.2, 0) is 10.0 Å². The molecule has 0 saturated heterocycles. The molecule has 0 aliphatic rings. The molecule has 1 aromatic rings. The highest BCUT2D eigenvalue weighted by Crippen LogP contribution is 2.22. The van der Waals surface area contributed by atoms with Gasteiger partial charge in [-0.3, -0.25) is 0 Å². The summed E-state index contributed by atoms with van der Waals surface area (Å²) in [6, 6.07) is 2.20. The summed E-state index contributed by atoms with van der Waals surface area (Å²) in [4.78, 5) is -0.0917. The number of benzene rings is 1. The summed E-state index contributed by atoms with van der Waals surface area (Å²) >= 11 is 0. The molecule has 6 heteroatoms. The summed E-state index contributed by atoms with van der Waals surface area (Å²) in [6.45, 7) is 7.36. The van der Waals surface area contributed by atoms with Crippen molar-refractivity contribution in [3.8, 4) is 0 Å². The number of anilines is 1. The highest BCUT2D eigenvalue weighted by Gasteiger charge is 2.22. The second-order valence-electron chi connectivity index (χ2n) is 5.40. The molecular formula is C14H23FN2O2S. The number of nitrogen functional groups attached to an aromatic ring is 1. The lowest BCUT2D eigenvalue weighted by atomic mass is 10.0. The van der Waals surface area contributed by atoms with E-state index in [0.717, 1.165) is 18.9 Å². The SMILES string of the molecule is CCC(C)CC(C)NS(=O)(=O)c1cc(N)cc(F)c1C. The molecule has 0 fully saturated rings. The molecule has 0 heterocycles. The van der Waals surface area contributed by atoms with Crippen LogP contribution in [0.1, 0.15) is 39.2 Å². The van der Waals surface area contributed by atoms with Gasteiger partial charge in [-0.15, -0.1) is 0 Å². The third kappa shape index (κ3) is 4.18. The second-order valence-corrected chi connectivity index (χ2v) is 7.08. The van der Waals surface area contributed by atoms with E-state index in [1.54, 1.807) is 0 Å². The van der Waals surface area contributed by atoms with Crippen LogP contribution in [0.4, 0.5) is 10.1 Å². The quantitative estimate of drug-likeness (QED) is 0.794. The number of nitrogens with one attached hydrogen (secondary N) is 1. The maximum atomic E-state index is 13.6. The topological polar surface area (TPSA) is 72.2 Å². The van der Waals surface area contributed by atoms with Gasteiger partial charge in [0.15, 0.2) is 0 Å². The maximum Gasteiger partial charge on any atom is 0.241 e. The molecule has 0 spiro atoms. The van der Waals surface area contributed by atoms with Crippen LogP contribution in [0.5, 0.6) is 0 Å². The van der Waals surface area contributed by atoms with E-state index in [4.69, 9.17) is 5.73 Å². The molecule has 0 amide bonds. The lowest BCUT2D eigenvalue weighted by Crippen LogP contribution is -2.34. The molecule has 0 radical (unpaired) electrons. The van der Waals surface area contributed by atoms with Crippen molar-refractivity contribution in [3.05, 3.63) is 23.5 Å². The van der Waals surface area contributed by atoms with Gasteiger partial charge >= 0.3 is 0 Å². The molecule has 1 aromatic carbocycles. The Bertz CT molecular complexity index is 573. The molecule has 1 rings (SSSR count). The molecule has 2 atom stereocenters. The number of hydrogen-bond donors (Lipinski definition) is 2. The molecule has 0 aliphatic heterocycles. The lowest BCUT2D eigenvalue weighted by Gasteiger charge is -2.18. The highest BCUT2D eigenvalue weighted by molar-refractivity contribution is 7.89. The molecule has 0 aromatic heterocycles. The van der Waals surface area contributed by atoms with Crippen LogP contribution < -0.4 is 10.5 Å². The van der Waals surface area contributed by atoms with Crippen LogP contribution in [0.15, 0.2) is 17.0 Å². The molecule has 0 bridgehead atoms.